The van der Waals surface area contributed by atoms with Crippen LogP contribution in [-0.4, -0.2) is 16.1 Å². The third-order valence-electron chi connectivity index (χ3n) is 3.09. The number of anilines is 1. The number of nitrogens with zero attached hydrogens (tertiary/aromatic N) is 2. The number of ether oxygens (including phenoxy) is 1. The van der Waals surface area contributed by atoms with E-state index in [4.69, 9.17) is 10.5 Å². The van der Waals surface area contributed by atoms with Gasteiger partial charge in [-0.1, -0.05) is 30.3 Å². The van der Waals surface area contributed by atoms with E-state index < -0.39 is 0 Å². The molecule has 0 unspecified atom stereocenters. The van der Waals surface area contributed by atoms with Gasteiger partial charge in [0, 0.05) is 11.6 Å². The zero-order valence-electron chi connectivity index (χ0n) is 10.0. The van der Waals surface area contributed by atoms with Gasteiger partial charge >= 0.3 is 0 Å². The average Bonchev–Trinajstić information content (AvgIpc) is 2.34. The molecule has 1 fully saturated rings. The van der Waals surface area contributed by atoms with Crippen molar-refractivity contribution in [2.24, 2.45) is 0 Å². The molecule has 2 aromatic rings. The first-order chi connectivity index (χ1) is 8.81. The van der Waals surface area contributed by atoms with Crippen LogP contribution in [0.3, 0.4) is 0 Å². The molecule has 2 N–H and O–H groups in total. The van der Waals surface area contributed by atoms with E-state index in [1.165, 1.54) is 6.42 Å². The smallest absolute Gasteiger partial charge is 0.219 e. The standard InChI is InChI=1S/C14H15N3O/c15-12-9-13(18-11-7-4-8-11)17-14(16-12)10-5-2-1-3-6-10/h1-3,5-6,9,11H,4,7-8H2,(H2,15,16,17). The number of benzene rings is 1. The van der Waals surface area contributed by atoms with Crippen LogP contribution in [0.1, 0.15) is 19.3 Å². The third-order valence-corrected chi connectivity index (χ3v) is 3.09. The van der Waals surface area contributed by atoms with Gasteiger partial charge < -0.3 is 10.5 Å². The number of hydrogen-bond acceptors (Lipinski definition) is 4. The zero-order chi connectivity index (χ0) is 12.4. The highest BCUT2D eigenvalue weighted by atomic mass is 16.5. The highest BCUT2D eigenvalue weighted by Gasteiger charge is 2.20. The van der Waals surface area contributed by atoms with Gasteiger partial charge in [-0.3, -0.25) is 0 Å². The van der Waals surface area contributed by atoms with Crippen molar-refractivity contribution >= 4 is 5.82 Å². The van der Waals surface area contributed by atoms with Crippen molar-refractivity contribution in [3.63, 3.8) is 0 Å². The van der Waals surface area contributed by atoms with E-state index in [1.807, 2.05) is 30.3 Å². The number of rotatable bonds is 3. The Morgan fingerprint density at radius 2 is 1.89 bits per heavy atom. The second-order valence-corrected chi connectivity index (χ2v) is 4.49. The normalized spacial score (nSPS) is 15.1. The fourth-order valence-corrected chi connectivity index (χ4v) is 1.88. The Kier molecular flexibility index (Phi) is 2.84. The third kappa shape index (κ3) is 2.27. The zero-order valence-corrected chi connectivity index (χ0v) is 10.0. The Hall–Kier alpha value is -2.10. The van der Waals surface area contributed by atoms with Crippen molar-refractivity contribution < 1.29 is 4.74 Å². The number of nitrogens with two attached hydrogens (primary N) is 1. The van der Waals surface area contributed by atoms with Gasteiger partial charge in [-0.2, -0.15) is 4.98 Å². The van der Waals surface area contributed by atoms with E-state index in [-0.39, 0.29) is 0 Å². The summed E-state index contributed by atoms with van der Waals surface area (Å²) >= 11 is 0. The van der Waals surface area contributed by atoms with Crippen LogP contribution in [0.25, 0.3) is 11.4 Å². The number of nitrogen functional groups attached to an aromatic ring is 1. The molecule has 1 aliphatic carbocycles. The van der Waals surface area contributed by atoms with Crippen LogP contribution in [0.5, 0.6) is 5.88 Å². The van der Waals surface area contributed by atoms with E-state index in [1.54, 1.807) is 6.07 Å². The molecule has 1 aromatic carbocycles. The summed E-state index contributed by atoms with van der Waals surface area (Å²) in [5.74, 6) is 1.63. The van der Waals surface area contributed by atoms with Crippen LogP contribution in [0.2, 0.25) is 0 Å². The first-order valence-electron chi connectivity index (χ1n) is 6.18. The molecular formula is C14H15N3O. The molecule has 3 rings (SSSR count). The van der Waals surface area contributed by atoms with E-state index in [9.17, 15) is 0 Å². The van der Waals surface area contributed by atoms with Crippen LogP contribution in [0, 0.1) is 0 Å². The average molecular weight is 241 g/mol. The quantitative estimate of drug-likeness (QED) is 0.897. The molecule has 0 bridgehead atoms. The maximum atomic E-state index is 5.80. The van der Waals surface area contributed by atoms with E-state index in [0.717, 1.165) is 18.4 Å². The molecule has 1 aromatic heterocycles. The Bertz CT molecular complexity index is 538. The second-order valence-electron chi connectivity index (χ2n) is 4.49. The van der Waals surface area contributed by atoms with Crippen molar-refractivity contribution in [3.8, 4) is 17.3 Å². The summed E-state index contributed by atoms with van der Waals surface area (Å²) in [6.07, 6.45) is 3.73. The summed E-state index contributed by atoms with van der Waals surface area (Å²) in [5, 5.41) is 0. The molecule has 4 heteroatoms. The van der Waals surface area contributed by atoms with Crippen LogP contribution in [0.15, 0.2) is 36.4 Å². The van der Waals surface area contributed by atoms with Gasteiger partial charge in [-0.15, -0.1) is 0 Å². The molecule has 4 nitrogen and oxygen atoms in total. The second kappa shape index (κ2) is 4.64. The lowest BCUT2D eigenvalue weighted by atomic mass is 9.96. The topological polar surface area (TPSA) is 61.0 Å². The lowest BCUT2D eigenvalue weighted by molar-refractivity contribution is 0.115. The minimum Gasteiger partial charge on any atom is -0.474 e. The molecule has 0 aliphatic heterocycles. The maximum absolute atomic E-state index is 5.80. The molecule has 0 amide bonds. The van der Waals surface area contributed by atoms with Crippen molar-refractivity contribution in [2.75, 3.05) is 5.73 Å². The Labute approximate surface area is 106 Å². The van der Waals surface area contributed by atoms with Gasteiger partial charge in [0.1, 0.15) is 11.9 Å². The van der Waals surface area contributed by atoms with Gasteiger partial charge in [0.2, 0.25) is 5.88 Å². The highest BCUT2D eigenvalue weighted by molar-refractivity contribution is 5.57. The first kappa shape index (κ1) is 11.0. The fourth-order valence-electron chi connectivity index (χ4n) is 1.88. The Balaban J connectivity index is 1.90. The van der Waals surface area contributed by atoms with Gasteiger partial charge in [0.25, 0.3) is 0 Å². The molecule has 0 radical (unpaired) electrons. The van der Waals surface area contributed by atoms with Crippen LogP contribution < -0.4 is 10.5 Å². The molecule has 1 heterocycles. The lowest BCUT2D eigenvalue weighted by Gasteiger charge is -2.25. The predicted octanol–water partition coefficient (Wildman–Crippen LogP) is 2.66. The minimum atomic E-state index is 0.294. The van der Waals surface area contributed by atoms with Crippen LogP contribution in [-0.2, 0) is 0 Å². The lowest BCUT2D eigenvalue weighted by Crippen LogP contribution is -2.25. The molecule has 1 saturated carbocycles. The van der Waals surface area contributed by atoms with Crippen molar-refractivity contribution in [1.29, 1.82) is 0 Å². The van der Waals surface area contributed by atoms with Crippen molar-refractivity contribution in [2.45, 2.75) is 25.4 Å². The summed E-state index contributed by atoms with van der Waals surface area (Å²) in [7, 11) is 0. The molecule has 0 spiro atoms. The summed E-state index contributed by atoms with van der Waals surface area (Å²) in [6, 6.07) is 11.5. The number of hydrogen-bond donors (Lipinski definition) is 1. The minimum absolute atomic E-state index is 0.294. The van der Waals surface area contributed by atoms with E-state index in [0.29, 0.717) is 23.6 Å². The van der Waals surface area contributed by atoms with E-state index >= 15 is 0 Å². The Morgan fingerprint density at radius 3 is 2.56 bits per heavy atom. The fraction of sp³-hybridized carbons (Fsp3) is 0.286. The SMILES string of the molecule is Nc1cc(OC2CCC2)nc(-c2ccccc2)n1. The molecule has 1 aliphatic rings. The molecular weight excluding hydrogens is 226 g/mol. The van der Waals surface area contributed by atoms with Gasteiger partial charge in [0.05, 0.1) is 0 Å². The summed E-state index contributed by atoms with van der Waals surface area (Å²) < 4.78 is 5.76. The monoisotopic (exact) mass is 241 g/mol. The van der Waals surface area contributed by atoms with Gasteiger partial charge in [-0.25, -0.2) is 4.98 Å². The van der Waals surface area contributed by atoms with Crippen LogP contribution in [0.4, 0.5) is 5.82 Å². The summed E-state index contributed by atoms with van der Waals surface area (Å²) in [6.45, 7) is 0. The summed E-state index contributed by atoms with van der Waals surface area (Å²) in [4.78, 5) is 8.65. The van der Waals surface area contributed by atoms with Crippen molar-refractivity contribution in [1.82, 2.24) is 9.97 Å². The van der Waals surface area contributed by atoms with Crippen LogP contribution >= 0.6 is 0 Å². The first-order valence-corrected chi connectivity index (χ1v) is 6.18. The summed E-state index contributed by atoms with van der Waals surface area (Å²) in [5.41, 5.74) is 6.75. The van der Waals surface area contributed by atoms with Gasteiger partial charge in [-0.05, 0) is 19.3 Å². The maximum Gasteiger partial charge on any atom is 0.219 e. The van der Waals surface area contributed by atoms with Crippen molar-refractivity contribution in [3.05, 3.63) is 36.4 Å². The Morgan fingerprint density at radius 1 is 1.11 bits per heavy atom. The highest BCUT2D eigenvalue weighted by Crippen LogP contribution is 2.26. The number of aromatic nitrogens is 2. The molecule has 0 atom stereocenters. The van der Waals surface area contributed by atoms with Gasteiger partial charge in [0.15, 0.2) is 5.82 Å². The van der Waals surface area contributed by atoms with E-state index in [2.05, 4.69) is 9.97 Å². The predicted molar refractivity (Wildman–Crippen MR) is 70.1 cm³/mol. The molecule has 92 valence electrons. The molecule has 18 heavy (non-hydrogen) atoms. The largest absolute Gasteiger partial charge is 0.474 e. The molecule has 0 saturated heterocycles.